The number of thioether (sulfide) groups is 2. The lowest BCUT2D eigenvalue weighted by Gasteiger charge is -2.49. The highest BCUT2D eigenvalue weighted by Gasteiger charge is 2.54. The number of nitrogens with two attached hydrogens (primary N) is 1. The first-order chi connectivity index (χ1) is 20.6. The van der Waals surface area contributed by atoms with Crippen LogP contribution in [-0.4, -0.2) is 112 Å². The van der Waals surface area contributed by atoms with Crippen molar-refractivity contribution in [2.24, 2.45) is 0 Å². The van der Waals surface area contributed by atoms with Crippen molar-refractivity contribution in [3.05, 3.63) is 33.4 Å². The maximum Gasteiger partial charge on any atom is 0.352 e. The minimum atomic E-state index is -1.21. The minimum Gasteiger partial charge on any atom is -0.477 e. The van der Waals surface area contributed by atoms with Gasteiger partial charge in [0.2, 0.25) is 17.0 Å². The Hall–Kier alpha value is -3.59. The molecule has 20 heteroatoms. The molecule has 3 aromatic heterocycles. The van der Waals surface area contributed by atoms with E-state index in [1.807, 2.05) is 19.0 Å². The number of likely N-dealkylation sites (N-methyl/N-ethyl adjacent to an activating group) is 1. The lowest BCUT2D eigenvalue weighted by atomic mass is 10.0. The highest BCUT2D eigenvalue weighted by Crippen LogP contribution is 2.41. The summed E-state index contributed by atoms with van der Waals surface area (Å²) in [6.45, 7) is 1.31. The van der Waals surface area contributed by atoms with Crippen LogP contribution in [0.4, 0.5) is 10.3 Å². The number of nitrogens with zero attached hydrogens (tertiary/aromatic N) is 8. The lowest BCUT2D eigenvalue weighted by molar-refractivity contribution is -0.150. The number of rotatable bonds is 13. The average molecular weight is 666 g/mol. The number of carbonyl (C=O) groups excluding carboxylic acids is 3. The maximum absolute atomic E-state index is 13.0. The van der Waals surface area contributed by atoms with E-state index in [0.29, 0.717) is 44.7 Å². The lowest BCUT2D eigenvalue weighted by Crippen LogP contribution is -2.70. The molecule has 3 amide bonds. The molecule has 2 aliphatic heterocycles. The number of hydrogen-bond acceptors (Lipinski definition) is 15. The van der Waals surface area contributed by atoms with Gasteiger partial charge in [-0.05, 0) is 30.1 Å². The van der Waals surface area contributed by atoms with E-state index in [4.69, 9.17) is 5.73 Å². The summed E-state index contributed by atoms with van der Waals surface area (Å²) in [6, 6.07) is -0.857. The number of aromatic nitrogens is 6. The largest absolute Gasteiger partial charge is 0.477 e. The fourth-order valence-corrected chi connectivity index (χ4v) is 8.04. The summed E-state index contributed by atoms with van der Waals surface area (Å²) >= 11 is 5.10. The van der Waals surface area contributed by atoms with Gasteiger partial charge >= 0.3 is 5.97 Å². The fourth-order valence-electron chi connectivity index (χ4n) is 4.24. The van der Waals surface area contributed by atoms with Crippen LogP contribution >= 0.6 is 46.2 Å². The molecule has 0 aliphatic carbocycles. The number of aliphatic carboxylic acids is 1. The Bertz CT molecular complexity index is 1570. The molecule has 0 radical (unpaired) electrons. The van der Waals surface area contributed by atoms with Gasteiger partial charge in [-0.2, -0.15) is 0 Å². The molecular weight excluding hydrogens is 639 g/mol. The Morgan fingerprint density at radius 1 is 1.26 bits per heavy atom. The van der Waals surface area contributed by atoms with Crippen molar-refractivity contribution >= 4 is 80.2 Å². The Labute approximate surface area is 261 Å². The van der Waals surface area contributed by atoms with Crippen molar-refractivity contribution in [2.45, 2.75) is 36.0 Å². The molecular formula is C23H27N11O5S4. The van der Waals surface area contributed by atoms with E-state index in [9.17, 15) is 24.3 Å². The van der Waals surface area contributed by atoms with Crippen LogP contribution in [0, 0.1) is 0 Å². The zero-order valence-corrected chi connectivity index (χ0v) is 26.2. The molecule has 0 saturated carbocycles. The van der Waals surface area contributed by atoms with Gasteiger partial charge in [-0.3, -0.25) is 19.3 Å². The summed E-state index contributed by atoms with van der Waals surface area (Å²) in [6.07, 6.45) is 1.54. The number of fused-ring (bicyclic) bond motifs is 1. The smallest absolute Gasteiger partial charge is 0.352 e. The van der Waals surface area contributed by atoms with Crippen molar-refractivity contribution in [3.8, 4) is 0 Å². The molecule has 1 fully saturated rings. The summed E-state index contributed by atoms with van der Waals surface area (Å²) in [5.41, 5.74) is 6.53. The molecule has 2 atom stereocenters. The van der Waals surface area contributed by atoms with Gasteiger partial charge in [0.05, 0.1) is 25.1 Å². The normalized spacial score (nSPS) is 18.0. The van der Waals surface area contributed by atoms with E-state index in [0.717, 1.165) is 11.4 Å². The zero-order valence-electron chi connectivity index (χ0n) is 22.9. The van der Waals surface area contributed by atoms with Gasteiger partial charge in [0, 0.05) is 34.5 Å². The van der Waals surface area contributed by atoms with E-state index in [2.05, 4.69) is 36.1 Å². The molecule has 0 spiro atoms. The van der Waals surface area contributed by atoms with Crippen LogP contribution in [0.25, 0.3) is 0 Å². The van der Waals surface area contributed by atoms with E-state index in [1.54, 1.807) is 16.3 Å². The van der Waals surface area contributed by atoms with Crippen molar-refractivity contribution in [1.29, 1.82) is 0 Å². The molecule has 0 aromatic carbocycles. The van der Waals surface area contributed by atoms with Crippen molar-refractivity contribution in [2.75, 3.05) is 43.2 Å². The van der Waals surface area contributed by atoms with Crippen LogP contribution < -0.4 is 16.4 Å². The molecule has 16 nitrogen and oxygen atoms in total. The molecule has 1 saturated heterocycles. The summed E-state index contributed by atoms with van der Waals surface area (Å²) in [5, 5.41) is 29.5. The number of tetrazole rings is 1. The maximum atomic E-state index is 13.0. The van der Waals surface area contributed by atoms with Gasteiger partial charge in [-0.15, -0.1) is 39.5 Å². The summed E-state index contributed by atoms with van der Waals surface area (Å²) in [7, 11) is 3.88. The van der Waals surface area contributed by atoms with Gasteiger partial charge in [0.15, 0.2) is 10.3 Å². The third-order valence-electron chi connectivity index (χ3n) is 6.25. The number of nitrogens with one attached hydrogen (secondary N) is 2. The SMILES string of the molecule is CN(C)CCn1nnnc1SCC1=C(C(=O)O)N2C(=O)C(NC(=O)Cc3csc(NC(=O)Cc4cnc(N)s4)n3)[C@H]2SC1. The summed E-state index contributed by atoms with van der Waals surface area (Å²) in [4.78, 5) is 62.4. The van der Waals surface area contributed by atoms with Gasteiger partial charge in [-0.1, -0.05) is 11.8 Å². The number of thiazole rings is 2. The van der Waals surface area contributed by atoms with E-state index in [1.165, 1.54) is 51.1 Å². The molecule has 2 aliphatic rings. The second-order valence-electron chi connectivity index (χ2n) is 9.70. The number of nitrogen functional groups attached to an aromatic ring is 1. The molecule has 228 valence electrons. The van der Waals surface area contributed by atoms with E-state index < -0.39 is 29.2 Å². The van der Waals surface area contributed by atoms with Gasteiger partial charge < -0.3 is 26.4 Å². The highest BCUT2D eigenvalue weighted by molar-refractivity contribution is 8.01. The topological polar surface area (TPSA) is 214 Å². The minimum absolute atomic E-state index is 0.0695. The predicted octanol–water partition coefficient (Wildman–Crippen LogP) is -0.0155. The monoisotopic (exact) mass is 665 g/mol. The Morgan fingerprint density at radius 2 is 2.07 bits per heavy atom. The number of β-lactam (4-membered cyclic amide) rings is 1. The van der Waals surface area contributed by atoms with Crippen molar-refractivity contribution < 1.29 is 24.3 Å². The van der Waals surface area contributed by atoms with E-state index >= 15 is 0 Å². The fraction of sp³-hybridized carbons (Fsp3) is 0.435. The third kappa shape index (κ3) is 7.32. The number of carboxylic acid groups (broad SMARTS) is 1. The molecule has 5 heterocycles. The highest BCUT2D eigenvalue weighted by atomic mass is 32.2. The predicted molar refractivity (Wildman–Crippen MR) is 161 cm³/mol. The molecule has 0 bridgehead atoms. The number of amides is 3. The number of carboxylic acids is 1. The molecule has 5 rings (SSSR count). The first-order valence-corrected chi connectivity index (χ1v) is 16.5. The van der Waals surface area contributed by atoms with Crippen LogP contribution in [0.3, 0.4) is 0 Å². The number of hydrogen-bond donors (Lipinski definition) is 4. The average Bonchev–Trinajstić information content (AvgIpc) is 3.70. The Kier molecular flexibility index (Phi) is 9.59. The van der Waals surface area contributed by atoms with Crippen LogP contribution in [-0.2, 0) is 38.6 Å². The van der Waals surface area contributed by atoms with Gasteiger partial charge in [-0.25, -0.2) is 19.4 Å². The second-order valence-corrected chi connectivity index (χ2v) is 13.8. The van der Waals surface area contributed by atoms with Crippen LogP contribution in [0.5, 0.6) is 0 Å². The van der Waals surface area contributed by atoms with E-state index in [-0.39, 0.29) is 24.4 Å². The molecule has 1 unspecified atom stereocenters. The number of anilines is 2. The van der Waals surface area contributed by atoms with Crippen LogP contribution in [0.15, 0.2) is 28.0 Å². The Balaban J connectivity index is 1.15. The third-order valence-corrected chi connectivity index (χ3v) is 10.3. The van der Waals surface area contributed by atoms with Crippen LogP contribution in [0.2, 0.25) is 0 Å². The zero-order chi connectivity index (χ0) is 30.7. The first-order valence-electron chi connectivity index (χ1n) is 12.8. The molecule has 3 aromatic rings. The second kappa shape index (κ2) is 13.4. The van der Waals surface area contributed by atoms with Crippen LogP contribution in [0.1, 0.15) is 10.6 Å². The molecule has 5 N–H and O–H groups in total. The number of carbonyl (C=O) groups is 4. The standard InChI is InChI=1S/C23H27N11O5S4/c1-32(2)3-4-33-23(29-30-31-33)42-9-11-8-40-19-16(18(37)34(19)17(11)20(38)39)27-14(35)5-12-10-41-22(26-12)28-15(36)6-13-7-25-21(24)43-13/h7,10,16,19H,3-6,8-9H2,1-2H3,(H2,24,25)(H,27,35)(H,38,39)(H,26,28,36)/t16?,19-/m1/s1. The molecule has 43 heavy (non-hydrogen) atoms. The quantitative estimate of drug-likeness (QED) is 0.140. The summed E-state index contributed by atoms with van der Waals surface area (Å²) < 4.78 is 1.66. The van der Waals surface area contributed by atoms with Crippen molar-refractivity contribution in [1.82, 2.24) is 45.3 Å². The van der Waals surface area contributed by atoms with Gasteiger partial charge in [0.25, 0.3) is 5.91 Å². The van der Waals surface area contributed by atoms with Gasteiger partial charge in [0.1, 0.15) is 17.1 Å². The summed E-state index contributed by atoms with van der Waals surface area (Å²) in [5.74, 6) is -1.75. The Morgan fingerprint density at radius 3 is 2.79 bits per heavy atom. The van der Waals surface area contributed by atoms with Crippen molar-refractivity contribution in [3.63, 3.8) is 0 Å². The first kappa shape index (κ1) is 30.9.